The second kappa shape index (κ2) is 9.31. The van der Waals surface area contributed by atoms with Crippen LogP contribution in [0, 0.1) is 46.3 Å². The number of aliphatic hydroxyl groups is 1. The van der Waals surface area contributed by atoms with E-state index in [2.05, 4.69) is 34.6 Å². The first-order valence-electron chi connectivity index (χ1n) is 14.5. The van der Waals surface area contributed by atoms with Gasteiger partial charge in [-0.05, 0) is 123 Å². The van der Waals surface area contributed by atoms with E-state index >= 15 is 0 Å². The van der Waals surface area contributed by atoms with Gasteiger partial charge in [0.25, 0.3) is 0 Å². The summed E-state index contributed by atoms with van der Waals surface area (Å²) in [7, 11) is 0. The van der Waals surface area contributed by atoms with Crippen molar-refractivity contribution in [3.8, 4) is 0 Å². The molecule has 180 valence electrons. The highest BCUT2D eigenvalue weighted by Crippen LogP contribution is 2.68. The third-order valence-electron chi connectivity index (χ3n) is 11.8. The van der Waals surface area contributed by atoms with Gasteiger partial charge in [0, 0.05) is 0 Å². The maximum atomic E-state index is 11.2. The molecule has 0 radical (unpaired) electrons. The van der Waals surface area contributed by atoms with Crippen LogP contribution < -0.4 is 0 Å². The van der Waals surface area contributed by atoms with Crippen LogP contribution in [-0.2, 0) is 0 Å². The number of rotatable bonds is 8. The van der Waals surface area contributed by atoms with Gasteiger partial charge in [0.05, 0.1) is 5.60 Å². The van der Waals surface area contributed by atoms with Crippen LogP contribution in [0.5, 0.6) is 0 Å². The first-order chi connectivity index (χ1) is 14.8. The normalized spacial score (nSPS) is 43.7. The summed E-state index contributed by atoms with van der Waals surface area (Å²) >= 11 is 0. The molecule has 0 aromatic rings. The molecule has 0 spiro atoms. The van der Waals surface area contributed by atoms with Crippen molar-refractivity contribution in [3.63, 3.8) is 0 Å². The van der Waals surface area contributed by atoms with Crippen molar-refractivity contribution in [2.45, 2.75) is 143 Å². The molecule has 4 saturated carbocycles. The summed E-state index contributed by atoms with van der Waals surface area (Å²) in [6, 6.07) is 0. The Labute approximate surface area is 194 Å². The molecule has 0 aromatic heterocycles. The molecule has 4 aliphatic rings. The van der Waals surface area contributed by atoms with Crippen LogP contribution in [0.15, 0.2) is 0 Å². The lowest BCUT2D eigenvalue weighted by atomic mass is 9.44. The highest BCUT2D eigenvalue weighted by atomic mass is 16.3. The predicted octanol–water partition coefficient (Wildman–Crippen LogP) is 8.78. The van der Waals surface area contributed by atoms with Crippen molar-refractivity contribution in [2.24, 2.45) is 46.3 Å². The van der Waals surface area contributed by atoms with Crippen molar-refractivity contribution >= 4 is 0 Å². The SMILES string of the molecule is CCCC(O)(CCC)CCC(C)C1CCC2C3CCC4CCCCC4(C)C3CCC12C. The maximum absolute atomic E-state index is 11.2. The molecule has 0 saturated heterocycles. The van der Waals surface area contributed by atoms with Crippen LogP contribution in [-0.4, -0.2) is 10.7 Å². The van der Waals surface area contributed by atoms with Crippen LogP contribution in [0.1, 0.15) is 137 Å². The topological polar surface area (TPSA) is 20.2 Å². The van der Waals surface area contributed by atoms with Crippen LogP contribution in [0.2, 0.25) is 0 Å². The minimum atomic E-state index is -0.401. The number of hydrogen-bond acceptors (Lipinski definition) is 1. The van der Waals surface area contributed by atoms with Gasteiger partial charge in [-0.1, -0.05) is 60.3 Å². The van der Waals surface area contributed by atoms with Gasteiger partial charge in [0.2, 0.25) is 0 Å². The van der Waals surface area contributed by atoms with Gasteiger partial charge in [0.1, 0.15) is 0 Å². The largest absolute Gasteiger partial charge is 0.390 e. The van der Waals surface area contributed by atoms with E-state index < -0.39 is 5.60 Å². The third-order valence-corrected chi connectivity index (χ3v) is 11.8. The standard InChI is InChI=1S/C30H54O/c1-6-17-30(31,18-7-2)21-15-22(3)25-13-14-26-24-12-11-23-10-8-9-19-28(23,4)27(24)16-20-29(25,26)5/h22-27,31H,6-21H2,1-5H3. The van der Waals surface area contributed by atoms with E-state index in [9.17, 15) is 5.11 Å². The highest BCUT2D eigenvalue weighted by Gasteiger charge is 2.60. The van der Waals surface area contributed by atoms with Crippen LogP contribution in [0.25, 0.3) is 0 Å². The van der Waals surface area contributed by atoms with E-state index in [1.54, 1.807) is 6.42 Å². The summed E-state index contributed by atoms with van der Waals surface area (Å²) in [6.45, 7) is 12.4. The van der Waals surface area contributed by atoms with Crippen LogP contribution >= 0.6 is 0 Å². The molecule has 0 aliphatic heterocycles. The summed E-state index contributed by atoms with van der Waals surface area (Å²) in [6.07, 6.45) is 21.5. The minimum Gasteiger partial charge on any atom is -0.390 e. The second-order valence-electron chi connectivity index (χ2n) is 13.4. The molecule has 4 aliphatic carbocycles. The Morgan fingerprint density at radius 2 is 1.52 bits per heavy atom. The Hall–Kier alpha value is -0.0400. The maximum Gasteiger partial charge on any atom is 0.0647 e. The molecule has 4 rings (SSSR count). The van der Waals surface area contributed by atoms with Gasteiger partial charge in [-0.2, -0.15) is 0 Å². The van der Waals surface area contributed by atoms with Crippen LogP contribution in [0.4, 0.5) is 0 Å². The van der Waals surface area contributed by atoms with E-state index in [1.807, 2.05) is 0 Å². The average molecular weight is 431 g/mol. The molecule has 0 aromatic carbocycles. The quantitative estimate of drug-likeness (QED) is 0.408. The number of hydrogen-bond donors (Lipinski definition) is 1. The Bertz CT molecular complexity index is 591. The molecular formula is C30H54O. The van der Waals surface area contributed by atoms with Crippen molar-refractivity contribution in [1.29, 1.82) is 0 Å². The lowest BCUT2D eigenvalue weighted by Crippen LogP contribution is -2.53. The zero-order valence-corrected chi connectivity index (χ0v) is 21.7. The molecular weight excluding hydrogens is 376 g/mol. The van der Waals surface area contributed by atoms with Crippen molar-refractivity contribution in [2.75, 3.05) is 0 Å². The monoisotopic (exact) mass is 430 g/mol. The van der Waals surface area contributed by atoms with E-state index in [0.717, 1.165) is 67.6 Å². The minimum absolute atomic E-state index is 0.401. The zero-order chi connectivity index (χ0) is 22.3. The third kappa shape index (κ3) is 4.28. The van der Waals surface area contributed by atoms with Crippen LogP contribution in [0.3, 0.4) is 0 Å². The van der Waals surface area contributed by atoms with Gasteiger partial charge in [-0.25, -0.2) is 0 Å². The molecule has 1 N–H and O–H groups in total. The lowest BCUT2D eigenvalue weighted by molar-refractivity contribution is -0.115. The molecule has 4 fully saturated rings. The van der Waals surface area contributed by atoms with Crippen molar-refractivity contribution < 1.29 is 5.11 Å². The van der Waals surface area contributed by atoms with Gasteiger partial charge < -0.3 is 5.11 Å². The molecule has 8 unspecified atom stereocenters. The Balaban J connectivity index is 1.43. The average Bonchev–Trinajstić information content (AvgIpc) is 3.09. The molecule has 1 nitrogen and oxygen atoms in total. The predicted molar refractivity (Wildman–Crippen MR) is 133 cm³/mol. The highest BCUT2D eigenvalue weighted by molar-refractivity contribution is 5.09. The van der Waals surface area contributed by atoms with Crippen molar-refractivity contribution in [3.05, 3.63) is 0 Å². The van der Waals surface area contributed by atoms with Gasteiger partial charge in [0.15, 0.2) is 0 Å². The van der Waals surface area contributed by atoms with E-state index in [1.165, 1.54) is 64.2 Å². The fraction of sp³-hybridized carbons (Fsp3) is 1.00. The Morgan fingerprint density at radius 3 is 2.23 bits per heavy atom. The lowest BCUT2D eigenvalue weighted by Gasteiger charge is -2.61. The van der Waals surface area contributed by atoms with E-state index in [-0.39, 0.29) is 0 Å². The summed E-state index contributed by atoms with van der Waals surface area (Å²) in [5, 5.41) is 11.2. The molecule has 0 amide bonds. The van der Waals surface area contributed by atoms with Gasteiger partial charge >= 0.3 is 0 Å². The Morgan fingerprint density at radius 1 is 0.806 bits per heavy atom. The molecule has 8 atom stereocenters. The fourth-order valence-corrected chi connectivity index (χ4v) is 10.3. The summed E-state index contributed by atoms with van der Waals surface area (Å²) in [5.74, 6) is 5.74. The smallest absolute Gasteiger partial charge is 0.0647 e. The first kappa shape index (κ1) is 24.1. The fourth-order valence-electron chi connectivity index (χ4n) is 10.3. The summed E-state index contributed by atoms with van der Waals surface area (Å²) in [5.41, 5.74) is 0.845. The zero-order valence-electron chi connectivity index (χ0n) is 21.7. The van der Waals surface area contributed by atoms with Crippen molar-refractivity contribution in [1.82, 2.24) is 0 Å². The van der Waals surface area contributed by atoms with E-state index in [0.29, 0.717) is 10.8 Å². The summed E-state index contributed by atoms with van der Waals surface area (Å²) in [4.78, 5) is 0. The first-order valence-corrected chi connectivity index (χ1v) is 14.5. The number of fused-ring (bicyclic) bond motifs is 5. The molecule has 1 heteroatoms. The molecule has 0 bridgehead atoms. The molecule has 0 heterocycles. The Kier molecular flexibility index (Phi) is 7.23. The van der Waals surface area contributed by atoms with Gasteiger partial charge in [-0.3, -0.25) is 0 Å². The van der Waals surface area contributed by atoms with Gasteiger partial charge in [-0.15, -0.1) is 0 Å². The second-order valence-corrected chi connectivity index (χ2v) is 13.4. The summed E-state index contributed by atoms with van der Waals surface area (Å²) < 4.78 is 0. The van der Waals surface area contributed by atoms with E-state index in [4.69, 9.17) is 0 Å². The molecule has 31 heavy (non-hydrogen) atoms.